The molecule has 2 aromatic heterocycles. The van der Waals surface area contributed by atoms with E-state index in [1.807, 2.05) is 44.2 Å². The lowest BCUT2D eigenvalue weighted by Gasteiger charge is -2.47. The maximum atomic E-state index is 16.0. The van der Waals surface area contributed by atoms with E-state index in [0.29, 0.717) is 35.2 Å². The number of fused-ring (bicyclic) bond motifs is 1. The van der Waals surface area contributed by atoms with Gasteiger partial charge in [-0.3, -0.25) is 0 Å². The molecule has 2 unspecified atom stereocenters. The van der Waals surface area contributed by atoms with Gasteiger partial charge >= 0.3 is 0 Å². The molecule has 2 atom stereocenters. The molecular formula is C32H36F2N4O2. The van der Waals surface area contributed by atoms with Gasteiger partial charge in [0.1, 0.15) is 0 Å². The minimum absolute atomic E-state index is 0.0414. The fourth-order valence-corrected chi connectivity index (χ4v) is 5.73. The third-order valence-electron chi connectivity index (χ3n) is 7.83. The van der Waals surface area contributed by atoms with E-state index >= 15 is 4.39 Å². The molecule has 4 aromatic rings. The Hall–Kier alpha value is -4.04. The lowest BCUT2D eigenvalue weighted by Crippen LogP contribution is -2.45. The predicted octanol–water partition coefficient (Wildman–Crippen LogP) is 7.33. The number of nitrogen functional groups attached to an aromatic ring is 1. The summed E-state index contributed by atoms with van der Waals surface area (Å²) in [5, 5.41) is 16.0. The van der Waals surface area contributed by atoms with Crippen molar-refractivity contribution < 1.29 is 18.6 Å². The highest BCUT2D eigenvalue weighted by atomic mass is 19.1. The summed E-state index contributed by atoms with van der Waals surface area (Å²) < 4.78 is 38.3. The summed E-state index contributed by atoms with van der Waals surface area (Å²) in [6, 6.07) is 13.6. The van der Waals surface area contributed by atoms with Crippen molar-refractivity contribution >= 4 is 17.2 Å². The fourth-order valence-electron chi connectivity index (χ4n) is 5.73. The zero-order chi connectivity index (χ0) is 29.2. The molecule has 0 spiro atoms. The highest BCUT2D eigenvalue weighted by Crippen LogP contribution is 2.51. The molecule has 4 rings (SSSR count). The largest absolute Gasteiger partial charge is 0.488 e. The summed E-state index contributed by atoms with van der Waals surface area (Å²) in [5.41, 5.74) is 7.39. The fraction of sp³-hybridized carbons (Fsp3) is 0.312. The molecule has 0 saturated heterocycles. The Morgan fingerprint density at radius 1 is 1.05 bits per heavy atom. The second kappa shape index (κ2) is 11.2. The Labute approximate surface area is 233 Å². The lowest BCUT2D eigenvalue weighted by atomic mass is 9.61. The standard InChI is InChI=1S/C32H36F2N4O2/c1-7-16-32(21(4)5,31(6,39)22-11-9-8-10-12-22)17-19-40-28-25(33)14-13-24(27(28)34)23-15-18-38-29(26(23)20(2)3)36-30(35)37-38/h8-15,18,39H,2,4,7,16-17,19H2,1,3,5-6H3,(H2,35,37). The van der Waals surface area contributed by atoms with Crippen LogP contribution in [0, 0.1) is 17.0 Å². The number of hydrogen-bond acceptors (Lipinski definition) is 5. The van der Waals surface area contributed by atoms with Crippen LogP contribution < -0.4 is 10.5 Å². The van der Waals surface area contributed by atoms with Gasteiger partial charge in [-0.1, -0.05) is 62.4 Å². The van der Waals surface area contributed by atoms with E-state index in [1.54, 1.807) is 26.1 Å². The van der Waals surface area contributed by atoms with Crippen molar-refractivity contribution in [3.05, 3.63) is 96.2 Å². The van der Waals surface area contributed by atoms with Crippen molar-refractivity contribution in [2.24, 2.45) is 5.41 Å². The zero-order valence-corrected chi connectivity index (χ0v) is 23.5. The van der Waals surface area contributed by atoms with Crippen LogP contribution in [0.2, 0.25) is 0 Å². The summed E-state index contributed by atoms with van der Waals surface area (Å²) in [7, 11) is 0. The van der Waals surface area contributed by atoms with Crippen LogP contribution in [-0.4, -0.2) is 26.3 Å². The average Bonchev–Trinajstić information content (AvgIpc) is 3.29. The second-order valence-corrected chi connectivity index (χ2v) is 10.5. The zero-order valence-electron chi connectivity index (χ0n) is 23.5. The van der Waals surface area contributed by atoms with E-state index in [4.69, 9.17) is 10.5 Å². The van der Waals surface area contributed by atoms with Gasteiger partial charge in [0.05, 0.1) is 12.2 Å². The summed E-state index contributed by atoms with van der Waals surface area (Å²) in [6.07, 6.45) is 3.29. The minimum atomic E-state index is -1.29. The van der Waals surface area contributed by atoms with Gasteiger partial charge < -0.3 is 15.6 Å². The van der Waals surface area contributed by atoms with Crippen molar-refractivity contribution in [2.75, 3.05) is 12.3 Å². The van der Waals surface area contributed by atoms with E-state index in [1.165, 1.54) is 16.6 Å². The van der Waals surface area contributed by atoms with Gasteiger partial charge in [0.25, 0.3) is 0 Å². The van der Waals surface area contributed by atoms with E-state index < -0.39 is 28.4 Å². The van der Waals surface area contributed by atoms with E-state index in [0.717, 1.165) is 17.6 Å². The summed E-state index contributed by atoms with van der Waals surface area (Å²) >= 11 is 0. The van der Waals surface area contributed by atoms with Crippen molar-refractivity contribution in [3.8, 4) is 16.9 Å². The quantitative estimate of drug-likeness (QED) is 0.192. The normalized spacial score (nSPS) is 14.5. The highest BCUT2D eigenvalue weighted by molar-refractivity contribution is 5.87. The van der Waals surface area contributed by atoms with Crippen molar-refractivity contribution in [1.82, 2.24) is 14.6 Å². The molecular weight excluding hydrogens is 510 g/mol. The first-order valence-corrected chi connectivity index (χ1v) is 13.3. The van der Waals surface area contributed by atoms with Crippen LogP contribution in [-0.2, 0) is 5.60 Å². The number of allylic oxidation sites excluding steroid dienone is 1. The maximum Gasteiger partial charge on any atom is 0.240 e. The van der Waals surface area contributed by atoms with Crippen LogP contribution in [0.15, 0.2) is 73.5 Å². The number of nitrogens with two attached hydrogens (primary N) is 1. The van der Waals surface area contributed by atoms with Gasteiger partial charge in [-0.15, -0.1) is 5.10 Å². The van der Waals surface area contributed by atoms with Gasteiger partial charge in [0.2, 0.25) is 5.95 Å². The third kappa shape index (κ3) is 4.99. The molecule has 0 aliphatic heterocycles. The van der Waals surface area contributed by atoms with E-state index in [9.17, 15) is 9.50 Å². The Kier molecular flexibility index (Phi) is 8.12. The number of pyridine rings is 1. The molecule has 0 amide bonds. The van der Waals surface area contributed by atoms with Gasteiger partial charge in [0, 0.05) is 22.7 Å². The number of anilines is 1. The molecule has 8 heteroatoms. The molecule has 0 aliphatic rings. The SMILES string of the molecule is C=C(C)c1c(-c2ccc(F)c(OCCC(CCC)(C(=C)C)C(C)(O)c3ccccc3)c2F)ccn2nc(N)nc12. The van der Waals surface area contributed by atoms with Crippen LogP contribution in [0.1, 0.15) is 58.1 Å². The molecule has 0 radical (unpaired) electrons. The van der Waals surface area contributed by atoms with Gasteiger partial charge in [0.15, 0.2) is 23.0 Å². The Morgan fingerprint density at radius 3 is 2.38 bits per heavy atom. The van der Waals surface area contributed by atoms with Crippen LogP contribution in [0.4, 0.5) is 14.7 Å². The number of aliphatic hydroxyl groups is 1. The van der Waals surface area contributed by atoms with Crippen molar-refractivity contribution in [2.45, 2.75) is 52.6 Å². The van der Waals surface area contributed by atoms with E-state index in [2.05, 4.69) is 23.2 Å². The van der Waals surface area contributed by atoms with Crippen molar-refractivity contribution in [3.63, 3.8) is 0 Å². The summed E-state index contributed by atoms with van der Waals surface area (Å²) in [4.78, 5) is 4.26. The smallest absolute Gasteiger partial charge is 0.240 e. The topological polar surface area (TPSA) is 85.7 Å². The average molecular weight is 547 g/mol. The molecule has 2 heterocycles. The van der Waals surface area contributed by atoms with Crippen molar-refractivity contribution in [1.29, 1.82) is 0 Å². The predicted molar refractivity (Wildman–Crippen MR) is 156 cm³/mol. The number of ether oxygens (including phenoxy) is 1. The Morgan fingerprint density at radius 2 is 1.75 bits per heavy atom. The van der Waals surface area contributed by atoms with Crippen LogP contribution in [0.5, 0.6) is 5.75 Å². The van der Waals surface area contributed by atoms with E-state index in [-0.39, 0.29) is 18.1 Å². The number of benzene rings is 2. The molecule has 6 nitrogen and oxygen atoms in total. The Bertz CT molecular complexity index is 1560. The van der Waals surface area contributed by atoms with Crippen LogP contribution >= 0.6 is 0 Å². The molecule has 0 fully saturated rings. The first-order valence-electron chi connectivity index (χ1n) is 13.3. The molecule has 2 aromatic carbocycles. The van der Waals surface area contributed by atoms with Crippen LogP contribution in [0.25, 0.3) is 22.3 Å². The second-order valence-electron chi connectivity index (χ2n) is 10.5. The number of rotatable bonds is 11. The molecule has 0 bridgehead atoms. The van der Waals surface area contributed by atoms with Gasteiger partial charge in [-0.05, 0) is 68.5 Å². The lowest BCUT2D eigenvalue weighted by molar-refractivity contribution is -0.0708. The summed E-state index contributed by atoms with van der Waals surface area (Å²) in [6.45, 7) is 15.6. The van der Waals surface area contributed by atoms with Crippen LogP contribution in [0.3, 0.4) is 0 Å². The number of aromatic nitrogens is 3. The number of halogens is 2. The first kappa shape index (κ1) is 29.0. The monoisotopic (exact) mass is 546 g/mol. The maximum absolute atomic E-state index is 16.0. The molecule has 0 aliphatic carbocycles. The summed E-state index contributed by atoms with van der Waals surface area (Å²) in [5.74, 6) is -2.08. The number of hydrogen-bond donors (Lipinski definition) is 2. The third-order valence-corrected chi connectivity index (χ3v) is 7.83. The van der Waals surface area contributed by atoms with Gasteiger partial charge in [-0.2, -0.15) is 4.98 Å². The molecule has 210 valence electrons. The molecule has 0 saturated carbocycles. The minimum Gasteiger partial charge on any atom is -0.488 e. The Balaban J connectivity index is 1.71. The molecule has 40 heavy (non-hydrogen) atoms. The first-order chi connectivity index (χ1) is 18.9. The van der Waals surface area contributed by atoms with Gasteiger partial charge in [-0.25, -0.2) is 13.3 Å². The number of nitrogens with zero attached hydrogens (tertiary/aromatic N) is 3. The highest BCUT2D eigenvalue weighted by Gasteiger charge is 2.48. The molecule has 3 N–H and O–H groups in total.